The Morgan fingerprint density at radius 2 is 1.85 bits per heavy atom. The molecule has 2 N–H and O–H groups in total. The summed E-state index contributed by atoms with van der Waals surface area (Å²) in [6, 6.07) is 7.00. The van der Waals surface area contributed by atoms with E-state index in [0.717, 1.165) is 44.5 Å². The lowest BCUT2D eigenvalue weighted by atomic mass is 9.78. The smallest absolute Gasteiger partial charge is 0.229 e. The number of piperidine rings is 1. The fraction of sp³-hybridized carbons (Fsp3) is 0.448. The number of halogens is 2. The predicted octanol–water partition coefficient (Wildman–Crippen LogP) is 5.37. The molecule has 0 saturated carbocycles. The highest BCUT2D eigenvalue weighted by molar-refractivity contribution is 5.83. The number of hydrogen-bond donors (Lipinski definition) is 2. The minimum Gasteiger partial charge on any atom is -0.326 e. The maximum Gasteiger partial charge on any atom is 0.229 e. The molecule has 5 heterocycles. The third kappa shape index (κ3) is 5.10. The highest BCUT2D eigenvalue weighted by atomic mass is 19.1. The van der Waals surface area contributed by atoms with Crippen LogP contribution in [-0.4, -0.2) is 55.6 Å². The van der Waals surface area contributed by atoms with Gasteiger partial charge in [0.05, 0.1) is 11.7 Å². The summed E-state index contributed by atoms with van der Waals surface area (Å²) >= 11 is 0. The molecule has 1 spiro atoms. The van der Waals surface area contributed by atoms with Gasteiger partial charge in [0.1, 0.15) is 22.9 Å². The van der Waals surface area contributed by atoms with E-state index in [1.807, 2.05) is 43.7 Å². The van der Waals surface area contributed by atoms with Crippen LogP contribution in [0.1, 0.15) is 50.5 Å². The number of rotatable bonds is 6. The molecule has 6 rings (SSSR count). The number of pyridine rings is 1. The molecule has 3 aromatic heterocycles. The van der Waals surface area contributed by atoms with Gasteiger partial charge in [0.15, 0.2) is 11.6 Å². The van der Waals surface area contributed by atoms with Crippen LogP contribution < -0.4 is 10.6 Å². The molecule has 0 radical (unpaired) electrons. The second kappa shape index (κ2) is 10.2. The van der Waals surface area contributed by atoms with Crippen LogP contribution in [0, 0.1) is 24.0 Å². The SMILES string of the molecule is Cc1nc2c(F)cc(-c3nc(Nc4ccc(CN5CCC6(CCNCC6)C5)cn4)ncc3F)cc2n1C(C)C. The number of likely N-dealkylation sites (tertiary alicyclic amines) is 1. The highest BCUT2D eigenvalue weighted by Gasteiger charge is 2.38. The molecule has 0 aliphatic carbocycles. The molecule has 10 heteroatoms. The Morgan fingerprint density at radius 1 is 1.03 bits per heavy atom. The summed E-state index contributed by atoms with van der Waals surface area (Å²) < 4.78 is 31.8. The fourth-order valence-electron chi connectivity index (χ4n) is 6.18. The van der Waals surface area contributed by atoms with Gasteiger partial charge in [0, 0.05) is 30.9 Å². The van der Waals surface area contributed by atoms with E-state index in [1.165, 1.54) is 25.3 Å². The first-order valence-electron chi connectivity index (χ1n) is 13.7. The first-order valence-corrected chi connectivity index (χ1v) is 13.7. The van der Waals surface area contributed by atoms with Crippen LogP contribution in [0.15, 0.2) is 36.7 Å². The lowest BCUT2D eigenvalue weighted by molar-refractivity contribution is 0.194. The molecule has 0 amide bonds. The van der Waals surface area contributed by atoms with Crippen molar-refractivity contribution in [1.29, 1.82) is 0 Å². The van der Waals surface area contributed by atoms with Crippen molar-refractivity contribution < 1.29 is 8.78 Å². The molecule has 0 bridgehead atoms. The average Bonchev–Trinajstić information content (AvgIpc) is 3.46. The minimum atomic E-state index is -0.632. The van der Waals surface area contributed by atoms with E-state index in [4.69, 9.17) is 0 Å². The molecule has 1 aromatic carbocycles. The third-order valence-electron chi connectivity index (χ3n) is 8.11. The summed E-state index contributed by atoms with van der Waals surface area (Å²) in [5.41, 5.74) is 2.82. The van der Waals surface area contributed by atoms with Crippen LogP contribution in [0.3, 0.4) is 0 Å². The molecule has 0 atom stereocenters. The van der Waals surface area contributed by atoms with Crippen LogP contribution >= 0.6 is 0 Å². The van der Waals surface area contributed by atoms with Gasteiger partial charge >= 0.3 is 0 Å². The lowest BCUT2D eigenvalue weighted by Crippen LogP contribution is -2.38. The Bertz CT molecular complexity index is 1490. The predicted molar refractivity (Wildman–Crippen MR) is 148 cm³/mol. The standard InChI is InChI=1S/C29H34F2N8/c1-18(2)39-19(3)35-27-22(30)12-21(13-24(27)39)26-23(31)15-34-28(37-26)36-25-5-4-20(14-33-25)16-38-11-8-29(17-38)6-9-32-10-7-29/h4-5,12-15,18,32H,6-11,16-17H2,1-3H3,(H,33,34,36,37). The summed E-state index contributed by atoms with van der Waals surface area (Å²) in [5.74, 6) is 0.299. The minimum absolute atomic E-state index is 0.0138. The number of hydrogen-bond acceptors (Lipinski definition) is 7. The number of aryl methyl sites for hydroxylation is 1. The second-order valence-electron chi connectivity index (χ2n) is 11.2. The average molecular weight is 533 g/mol. The molecule has 2 saturated heterocycles. The van der Waals surface area contributed by atoms with Crippen molar-refractivity contribution in [2.24, 2.45) is 5.41 Å². The van der Waals surface area contributed by atoms with Crippen LogP contribution in [0.5, 0.6) is 0 Å². The Hall–Kier alpha value is -3.50. The fourth-order valence-corrected chi connectivity index (χ4v) is 6.18. The Kier molecular flexibility index (Phi) is 6.76. The van der Waals surface area contributed by atoms with Crippen LogP contribution in [0.25, 0.3) is 22.3 Å². The van der Waals surface area contributed by atoms with Gasteiger partial charge in [-0.3, -0.25) is 4.90 Å². The van der Waals surface area contributed by atoms with Crippen LogP contribution in [0.2, 0.25) is 0 Å². The summed E-state index contributed by atoms with van der Waals surface area (Å²) in [7, 11) is 0. The molecule has 0 unspecified atom stereocenters. The number of nitrogens with zero attached hydrogens (tertiary/aromatic N) is 6. The number of imidazole rings is 1. The molecule has 204 valence electrons. The van der Waals surface area contributed by atoms with Crippen molar-refractivity contribution in [3.8, 4) is 11.3 Å². The van der Waals surface area contributed by atoms with E-state index >= 15 is 0 Å². The normalized spacial score (nSPS) is 17.5. The van der Waals surface area contributed by atoms with Crippen molar-refractivity contribution in [3.05, 3.63) is 59.7 Å². The van der Waals surface area contributed by atoms with E-state index < -0.39 is 11.6 Å². The van der Waals surface area contributed by atoms with Gasteiger partial charge in [-0.15, -0.1) is 0 Å². The number of aromatic nitrogens is 5. The first kappa shape index (κ1) is 25.8. The van der Waals surface area contributed by atoms with E-state index in [9.17, 15) is 8.78 Å². The van der Waals surface area contributed by atoms with Gasteiger partial charge in [-0.2, -0.15) is 0 Å². The summed E-state index contributed by atoms with van der Waals surface area (Å²) in [6.45, 7) is 11.2. The van der Waals surface area contributed by atoms with Crippen molar-refractivity contribution in [2.45, 2.75) is 52.6 Å². The van der Waals surface area contributed by atoms with E-state index in [2.05, 4.69) is 35.5 Å². The largest absolute Gasteiger partial charge is 0.326 e. The zero-order valence-corrected chi connectivity index (χ0v) is 22.6. The number of anilines is 2. The number of benzene rings is 1. The lowest BCUT2D eigenvalue weighted by Gasteiger charge is -2.33. The molecule has 2 aliphatic rings. The van der Waals surface area contributed by atoms with Crippen LogP contribution in [0.4, 0.5) is 20.5 Å². The summed E-state index contributed by atoms with van der Waals surface area (Å²) in [6.07, 6.45) is 6.73. The molecule has 2 fully saturated rings. The molecular formula is C29H34F2N8. The van der Waals surface area contributed by atoms with Crippen molar-refractivity contribution in [3.63, 3.8) is 0 Å². The van der Waals surface area contributed by atoms with Gasteiger partial charge in [0.25, 0.3) is 0 Å². The molecule has 39 heavy (non-hydrogen) atoms. The monoisotopic (exact) mass is 532 g/mol. The van der Waals surface area contributed by atoms with E-state index in [-0.39, 0.29) is 23.2 Å². The van der Waals surface area contributed by atoms with Gasteiger partial charge in [0.2, 0.25) is 5.95 Å². The zero-order chi connectivity index (χ0) is 27.1. The van der Waals surface area contributed by atoms with E-state index in [0.29, 0.717) is 28.1 Å². The topological polar surface area (TPSA) is 83.8 Å². The number of nitrogens with one attached hydrogen (secondary N) is 2. The van der Waals surface area contributed by atoms with Crippen molar-refractivity contribution >= 4 is 22.8 Å². The maximum atomic E-state index is 15.0. The van der Waals surface area contributed by atoms with Crippen LogP contribution in [-0.2, 0) is 6.54 Å². The Labute approximate surface area is 226 Å². The van der Waals surface area contributed by atoms with Gasteiger partial charge < -0.3 is 15.2 Å². The molecular weight excluding hydrogens is 498 g/mol. The van der Waals surface area contributed by atoms with Crippen molar-refractivity contribution in [2.75, 3.05) is 31.5 Å². The summed E-state index contributed by atoms with van der Waals surface area (Å²) in [5, 5.41) is 6.53. The third-order valence-corrected chi connectivity index (χ3v) is 8.11. The Balaban J connectivity index is 1.19. The maximum absolute atomic E-state index is 15.0. The quantitative estimate of drug-likeness (QED) is 0.345. The molecule has 8 nitrogen and oxygen atoms in total. The molecule has 2 aliphatic heterocycles. The second-order valence-corrected chi connectivity index (χ2v) is 11.2. The zero-order valence-electron chi connectivity index (χ0n) is 22.6. The first-order chi connectivity index (χ1) is 18.8. The van der Waals surface area contributed by atoms with Gasteiger partial charge in [-0.05, 0) is 88.8 Å². The number of fused-ring (bicyclic) bond motifs is 1. The molecule has 4 aromatic rings. The summed E-state index contributed by atoms with van der Waals surface area (Å²) in [4.78, 5) is 19.9. The van der Waals surface area contributed by atoms with Gasteiger partial charge in [-0.1, -0.05) is 6.07 Å². The van der Waals surface area contributed by atoms with E-state index in [1.54, 1.807) is 6.07 Å². The highest BCUT2D eigenvalue weighted by Crippen LogP contribution is 2.39. The Morgan fingerprint density at radius 3 is 2.59 bits per heavy atom. The van der Waals surface area contributed by atoms with Crippen molar-refractivity contribution in [1.82, 2.24) is 34.7 Å². The van der Waals surface area contributed by atoms with Gasteiger partial charge in [-0.25, -0.2) is 28.7 Å².